The van der Waals surface area contributed by atoms with Gasteiger partial charge in [0.15, 0.2) is 0 Å². The maximum Gasteiger partial charge on any atom is 0.231 e. The van der Waals surface area contributed by atoms with Gasteiger partial charge in [0.1, 0.15) is 5.54 Å². The highest BCUT2D eigenvalue weighted by atomic mass is 79.9. The summed E-state index contributed by atoms with van der Waals surface area (Å²) in [4.78, 5) is 11.4. The van der Waals surface area contributed by atoms with Crippen LogP contribution in [0.1, 0.15) is 46.5 Å². The smallest absolute Gasteiger partial charge is 0.231 e. The number of amides is 1. The fourth-order valence-corrected chi connectivity index (χ4v) is 2.68. The Hall–Kier alpha value is -0.560. The fourth-order valence-electron chi connectivity index (χ4n) is 2.54. The summed E-state index contributed by atoms with van der Waals surface area (Å²) in [5.41, 5.74) is -0.340. The van der Waals surface area contributed by atoms with Gasteiger partial charge in [0.05, 0.1) is 11.4 Å². The first-order chi connectivity index (χ1) is 7.83. The van der Waals surface area contributed by atoms with Crippen LogP contribution in [0.5, 0.6) is 0 Å². The van der Waals surface area contributed by atoms with Crippen LogP contribution in [0, 0.1) is 22.7 Å². The summed E-state index contributed by atoms with van der Waals surface area (Å²) in [6, 6.07) is 2.30. The molecular weight excluding hydrogens is 280 g/mol. The summed E-state index contributed by atoms with van der Waals surface area (Å²) in [6.07, 6.45) is 3.56. The van der Waals surface area contributed by atoms with Crippen LogP contribution in [-0.2, 0) is 4.79 Å². The van der Waals surface area contributed by atoms with Crippen molar-refractivity contribution in [1.82, 2.24) is 5.32 Å². The first-order valence-electron chi connectivity index (χ1n) is 6.11. The maximum absolute atomic E-state index is 11.4. The van der Waals surface area contributed by atoms with E-state index < -0.39 is 5.54 Å². The molecule has 1 N–H and O–H groups in total. The van der Waals surface area contributed by atoms with Crippen LogP contribution in [-0.4, -0.2) is 16.8 Å². The minimum atomic E-state index is -0.632. The van der Waals surface area contributed by atoms with Crippen LogP contribution >= 0.6 is 15.9 Å². The molecule has 4 heteroatoms. The SMILES string of the molecule is CC(C)(C)C1CCC(C#N)(NC(=O)CBr)CC1. The molecular formula is C13H21BrN2O. The Morgan fingerprint density at radius 2 is 2.00 bits per heavy atom. The van der Waals surface area contributed by atoms with Crippen molar-refractivity contribution in [3.8, 4) is 6.07 Å². The van der Waals surface area contributed by atoms with E-state index in [0.29, 0.717) is 11.3 Å². The molecule has 0 aromatic carbocycles. The largest absolute Gasteiger partial charge is 0.337 e. The van der Waals surface area contributed by atoms with Gasteiger partial charge < -0.3 is 5.32 Å². The lowest BCUT2D eigenvalue weighted by atomic mass is 9.67. The number of rotatable bonds is 2. The number of hydrogen-bond donors (Lipinski definition) is 1. The highest BCUT2D eigenvalue weighted by molar-refractivity contribution is 9.09. The number of halogens is 1. The Morgan fingerprint density at radius 3 is 2.35 bits per heavy atom. The molecule has 0 aliphatic heterocycles. The van der Waals surface area contributed by atoms with Crippen LogP contribution in [0.25, 0.3) is 0 Å². The topological polar surface area (TPSA) is 52.9 Å². The van der Waals surface area contributed by atoms with E-state index in [-0.39, 0.29) is 11.2 Å². The fraction of sp³-hybridized carbons (Fsp3) is 0.846. The van der Waals surface area contributed by atoms with Gasteiger partial charge in [-0.2, -0.15) is 5.26 Å². The summed E-state index contributed by atoms with van der Waals surface area (Å²) in [5, 5.41) is 12.4. The van der Waals surface area contributed by atoms with Crippen molar-refractivity contribution in [2.24, 2.45) is 11.3 Å². The van der Waals surface area contributed by atoms with Crippen LogP contribution in [0.3, 0.4) is 0 Å². The van der Waals surface area contributed by atoms with Gasteiger partial charge in [0, 0.05) is 0 Å². The predicted molar refractivity (Wildman–Crippen MR) is 71.7 cm³/mol. The number of carbonyl (C=O) groups is 1. The van der Waals surface area contributed by atoms with Gasteiger partial charge in [-0.3, -0.25) is 4.79 Å². The molecule has 1 amide bonds. The molecule has 0 aromatic rings. The summed E-state index contributed by atoms with van der Waals surface area (Å²) >= 11 is 3.12. The summed E-state index contributed by atoms with van der Waals surface area (Å²) in [6.45, 7) is 6.73. The number of hydrogen-bond acceptors (Lipinski definition) is 2. The minimum Gasteiger partial charge on any atom is -0.337 e. The molecule has 1 aliphatic carbocycles. The molecule has 0 radical (unpaired) electrons. The molecule has 0 heterocycles. The van der Waals surface area contributed by atoms with E-state index in [4.69, 9.17) is 0 Å². The molecule has 1 saturated carbocycles. The van der Waals surface area contributed by atoms with E-state index in [2.05, 4.69) is 48.1 Å². The third-order valence-corrected chi connectivity index (χ3v) is 4.29. The molecule has 17 heavy (non-hydrogen) atoms. The lowest BCUT2D eigenvalue weighted by molar-refractivity contribution is -0.120. The van der Waals surface area contributed by atoms with Gasteiger partial charge in [-0.15, -0.1) is 0 Å². The van der Waals surface area contributed by atoms with Gasteiger partial charge in [0.25, 0.3) is 0 Å². The Kier molecular flexibility index (Phi) is 4.60. The summed E-state index contributed by atoms with van der Waals surface area (Å²) in [7, 11) is 0. The van der Waals surface area contributed by atoms with Crippen LogP contribution in [0.2, 0.25) is 0 Å². The van der Waals surface area contributed by atoms with E-state index in [0.717, 1.165) is 25.7 Å². The highest BCUT2D eigenvalue weighted by Gasteiger charge is 2.39. The van der Waals surface area contributed by atoms with Crippen molar-refractivity contribution < 1.29 is 4.79 Å². The van der Waals surface area contributed by atoms with Crippen molar-refractivity contribution in [3.05, 3.63) is 0 Å². The zero-order chi connectivity index (χ0) is 13.1. The van der Waals surface area contributed by atoms with Crippen molar-refractivity contribution in [2.75, 3.05) is 5.33 Å². The van der Waals surface area contributed by atoms with Gasteiger partial charge in [-0.05, 0) is 37.0 Å². The van der Waals surface area contributed by atoms with Crippen LogP contribution in [0.4, 0.5) is 0 Å². The maximum atomic E-state index is 11.4. The first kappa shape index (κ1) is 14.5. The monoisotopic (exact) mass is 300 g/mol. The first-order valence-corrected chi connectivity index (χ1v) is 7.23. The minimum absolute atomic E-state index is 0.0965. The Labute approximate surface area is 112 Å². The molecule has 3 nitrogen and oxygen atoms in total. The number of carbonyl (C=O) groups excluding carboxylic acids is 1. The van der Waals surface area contributed by atoms with Crippen LogP contribution < -0.4 is 5.32 Å². The molecule has 1 rings (SSSR count). The predicted octanol–water partition coefficient (Wildman–Crippen LogP) is 3.00. The number of nitriles is 1. The van der Waals surface area contributed by atoms with Gasteiger partial charge in [-0.1, -0.05) is 36.7 Å². The second kappa shape index (κ2) is 5.39. The molecule has 1 aliphatic rings. The van der Waals surface area contributed by atoms with Crippen molar-refractivity contribution >= 4 is 21.8 Å². The van der Waals surface area contributed by atoms with Crippen molar-refractivity contribution in [3.63, 3.8) is 0 Å². The standard InChI is InChI=1S/C13H21BrN2O/c1-12(2,3)10-4-6-13(9-15,7-5-10)16-11(17)8-14/h10H,4-8H2,1-3H3,(H,16,17). The zero-order valence-electron chi connectivity index (χ0n) is 10.8. The Morgan fingerprint density at radius 1 is 1.47 bits per heavy atom. The number of nitrogens with one attached hydrogen (secondary N) is 1. The van der Waals surface area contributed by atoms with E-state index in [1.54, 1.807) is 0 Å². The van der Waals surface area contributed by atoms with E-state index in [9.17, 15) is 10.1 Å². The molecule has 96 valence electrons. The third-order valence-electron chi connectivity index (χ3n) is 3.78. The van der Waals surface area contributed by atoms with Gasteiger partial charge in [0.2, 0.25) is 5.91 Å². The third kappa shape index (κ3) is 3.70. The number of alkyl halides is 1. The quantitative estimate of drug-likeness (QED) is 0.797. The average Bonchev–Trinajstić information content (AvgIpc) is 2.28. The normalized spacial score (nSPS) is 29.5. The molecule has 0 atom stereocenters. The highest BCUT2D eigenvalue weighted by Crippen LogP contribution is 2.41. The second-order valence-electron chi connectivity index (χ2n) is 6.02. The number of nitrogens with zero attached hydrogens (tertiary/aromatic N) is 1. The Bertz CT molecular complexity index is 319. The second-order valence-corrected chi connectivity index (χ2v) is 6.58. The van der Waals surface area contributed by atoms with E-state index in [1.165, 1.54) is 0 Å². The molecule has 0 aromatic heterocycles. The molecule has 0 bridgehead atoms. The lowest BCUT2D eigenvalue weighted by Gasteiger charge is -2.40. The summed E-state index contributed by atoms with van der Waals surface area (Å²) < 4.78 is 0. The van der Waals surface area contributed by atoms with E-state index in [1.807, 2.05) is 0 Å². The summed E-state index contributed by atoms with van der Waals surface area (Å²) in [5.74, 6) is 0.547. The van der Waals surface area contributed by atoms with Crippen LogP contribution in [0.15, 0.2) is 0 Å². The molecule has 1 fully saturated rings. The molecule has 0 unspecified atom stereocenters. The molecule has 0 saturated heterocycles. The molecule has 0 spiro atoms. The van der Waals surface area contributed by atoms with Gasteiger partial charge in [-0.25, -0.2) is 0 Å². The average molecular weight is 301 g/mol. The lowest BCUT2D eigenvalue weighted by Crippen LogP contribution is -2.51. The van der Waals surface area contributed by atoms with Crippen molar-refractivity contribution in [1.29, 1.82) is 5.26 Å². The van der Waals surface area contributed by atoms with Crippen molar-refractivity contribution in [2.45, 2.75) is 52.0 Å². The van der Waals surface area contributed by atoms with Gasteiger partial charge >= 0.3 is 0 Å². The Balaban J connectivity index is 2.64. The van der Waals surface area contributed by atoms with E-state index >= 15 is 0 Å². The zero-order valence-corrected chi connectivity index (χ0v) is 12.4.